The van der Waals surface area contributed by atoms with Crippen LogP contribution in [-0.2, 0) is 6.54 Å². The predicted molar refractivity (Wildman–Crippen MR) is 74.9 cm³/mol. The summed E-state index contributed by atoms with van der Waals surface area (Å²) in [4.78, 5) is 13.9. The molecule has 2 aromatic rings. The van der Waals surface area contributed by atoms with E-state index in [2.05, 4.69) is 10.3 Å². The second-order valence-electron chi connectivity index (χ2n) is 4.47. The zero-order valence-corrected chi connectivity index (χ0v) is 11.6. The van der Waals surface area contributed by atoms with Crippen LogP contribution >= 0.6 is 0 Å². The van der Waals surface area contributed by atoms with Crippen molar-refractivity contribution in [3.63, 3.8) is 0 Å². The predicted octanol–water partition coefficient (Wildman–Crippen LogP) is 2.95. The van der Waals surface area contributed by atoms with Gasteiger partial charge in [-0.15, -0.1) is 0 Å². The largest absolute Gasteiger partial charge is 0.439 e. The molecule has 0 saturated carbocycles. The highest BCUT2D eigenvalue weighted by Crippen LogP contribution is 2.27. The van der Waals surface area contributed by atoms with Crippen LogP contribution < -0.4 is 10.1 Å². The third-order valence-corrected chi connectivity index (χ3v) is 2.80. The number of ether oxygens (including phenoxy) is 1. The fourth-order valence-electron chi connectivity index (χ4n) is 1.84. The Bertz CT molecular complexity index is 677. The third-order valence-electron chi connectivity index (χ3n) is 2.80. The van der Waals surface area contributed by atoms with Crippen LogP contribution in [0.3, 0.4) is 0 Å². The molecule has 0 radical (unpaired) electrons. The first kappa shape index (κ1) is 14.9. The van der Waals surface area contributed by atoms with E-state index in [1.165, 1.54) is 6.07 Å². The molecule has 0 unspecified atom stereocenters. The minimum atomic E-state index is -0.943. The van der Waals surface area contributed by atoms with Gasteiger partial charge in [-0.1, -0.05) is 0 Å². The van der Waals surface area contributed by atoms with Gasteiger partial charge in [0, 0.05) is 30.4 Å². The Kier molecular flexibility index (Phi) is 4.44. The highest BCUT2D eigenvalue weighted by molar-refractivity contribution is 5.40. The van der Waals surface area contributed by atoms with E-state index in [0.717, 1.165) is 23.3 Å². The molecule has 1 aromatic heterocycles. The first-order chi connectivity index (χ1) is 10.0. The van der Waals surface area contributed by atoms with Gasteiger partial charge in [-0.05, 0) is 31.7 Å². The monoisotopic (exact) mass is 291 g/mol. The van der Waals surface area contributed by atoms with Gasteiger partial charge >= 0.3 is 5.69 Å². The number of aryl methyl sites for hydroxylation is 1. The summed E-state index contributed by atoms with van der Waals surface area (Å²) < 4.78 is 19.0. The number of pyridine rings is 1. The van der Waals surface area contributed by atoms with Gasteiger partial charge in [0.2, 0.25) is 11.7 Å². The molecule has 0 aliphatic heterocycles. The van der Waals surface area contributed by atoms with Crippen molar-refractivity contribution in [2.75, 3.05) is 7.05 Å². The zero-order chi connectivity index (χ0) is 15.4. The molecular weight excluding hydrogens is 277 g/mol. The van der Waals surface area contributed by atoms with Gasteiger partial charge in [0.1, 0.15) is 5.75 Å². The van der Waals surface area contributed by atoms with Gasteiger partial charge in [0.15, 0.2) is 0 Å². The Morgan fingerprint density at radius 1 is 1.43 bits per heavy atom. The molecule has 0 aliphatic rings. The number of hydrogen-bond acceptors (Lipinski definition) is 5. The van der Waals surface area contributed by atoms with Gasteiger partial charge in [-0.25, -0.2) is 4.98 Å². The van der Waals surface area contributed by atoms with E-state index in [-0.39, 0.29) is 5.75 Å². The molecule has 1 heterocycles. The van der Waals surface area contributed by atoms with Crippen LogP contribution in [0.5, 0.6) is 11.6 Å². The molecule has 6 nitrogen and oxygen atoms in total. The van der Waals surface area contributed by atoms with Crippen molar-refractivity contribution in [1.29, 1.82) is 0 Å². The Morgan fingerprint density at radius 2 is 2.19 bits per heavy atom. The van der Waals surface area contributed by atoms with Gasteiger partial charge in [-0.2, -0.15) is 4.39 Å². The summed E-state index contributed by atoms with van der Waals surface area (Å²) in [5.74, 6) is -0.444. The molecular formula is C14H14FN3O3. The molecule has 0 amide bonds. The maximum atomic E-state index is 13.5. The van der Waals surface area contributed by atoms with E-state index in [9.17, 15) is 14.5 Å². The Morgan fingerprint density at radius 3 is 2.76 bits per heavy atom. The number of rotatable bonds is 5. The summed E-state index contributed by atoms with van der Waals surface area (Å²) in [7, 11) is 1.83. The standard InChI is InChI=1S/C14H14FN3O3/c1-9-5-10(7-16-2)8-17-14(9)21-11-3-4-13(18(19)20)12(15)6-11/h3-6,8,16H,7H2,1-2H3. The SMILES string of the molecule is CNCc1cnc(Oc2ccc([N+](=O)[O-])c(F)c2)c(C)c1. The maximum Gasteiger partial charge on any atom is 0.305 e. The highest BCUT2D eigenvalue weighted by Gasteiger charge is 2.15. The molecule has 0 fully saturated rings. The van der Waals surface area contributed by atoms with Crippen molar-refractivity contribution in [2.45, 2.75) is 13.5 Å². The van der Waals surface area contributed by atoms with E-state index >= 15 is 0 Å². The average molecular weight is 291 g/mol. The lowest BCUT2D eigenvalue weighted by atomic mass is 10.2. The Hall–Kier alpha value is -2.54. The molecule has 0 bridgehead atoms. The van der Waals surface area contributed by atoms with Gasteiger partial charge in [0.05, 0.1) is 4.92 Å². The summed E-state index contributed by atoms with van der Waals surface area (Å²) in [5, 5.41) is 13.6. The van der Waals surface area contributed by atoms with E-state index in [0.29, 0.717) is 12.4 Å². The van der Waals surface area contributed by atoms with Gasteiger partial charge in [-0.3, -0.25) is 10.1 Å². The quantitative estimate of drug-likeness (QED) is 0.677. The molecule has 21 heavy (non-hydrogen) atoms. The van der Waals surface area contributed by atoms with E-state index in [1.54, 1.807) is 6.20 Å². The topological polar surface area (TPSA) is 77.3 Å². The van der Waals surface area contributed by atoms with Crippen LogP contribution in [0.2, 0.25) is 0 Å². The van der Waals surface area contributed by atoms with Gasteiger partial charge in [0.25, 0.3) is 0 Å². The van der Waals surface area contributed by atoms with E-state index < -0.39 is 16.4 Å². The van der Waals surface area contributed by atoms with Crippen molar-refractivity contribution in [3.05, 3.63) is 57.5 Å². The van der Waals surface area contributed by atoms with E-state index in [1.807, 2.05) is 20.0 Å². The molecule has 1 N–H and O–H groups in total. The van der Waals surface area contributed by atoms with Crippen molar-refractivity contribution in [1.82, 2.24) is 10.3 Å². The fraction of sp³-hybridized carbons (Fsp3) is 0.214. The number of nitrogens with one attached hydrogen (secondary N) is 1. The molecule has 1 aromatic carbocycles. The summed E-state index contributed by atoms with van der Waals surface area (Å²) in [6.45, 7) is 2.50. The molecule has 0 saturated heterocycles. The minimum absolute atomic E-state index is 0.162. The second-order valence-corrected chi connectivity index (χ2v) is 4.47. The normalized spacial score (nSPS) is 10.4. The summed E-state index contributed by atoms with van der Waals surface area (Å²) in [6, 6.07) is 5.28. The average Bonchev–Trinajstić information content (AvgIpc) is 2.42. The van der Waals surface area contributed by atoms with Crippen LogP contribution in [0.1, 0.15) is 11.1 Å². The van der Waals surface area contributed by atoms with Gasteiger partial charge < -0.3 is 10.1 Å². The molecule has 2 rings (SSSR count). The van der Waals surface area contributed by atoms with Crippen molar-refractivity contribution in [2.24, 2.45) is 0 Å². The number of nitro groups is 1. The number of hydrogen-bond donors (Lipinski definition) is 1. The van der Waals surface area contributed by atoms with Crippen LogP contribution in [-0.4, -0.2) is 17.0 Å². The molecule has 110 valence electrons. The minimum Gasteiger partial charge on any atom is -0.439 e. The number of nitrogens with zero attached hydrogens (tertiary/aromatic N) is 2. The van der Waals surface area contributed by atoms with Crippen LogP contribution in [0.4, 0.5) is 10.1 Å². The molecule has 0 atom stereocenters. The highest BCUT2D eigenvalue weighted by atomic mass is 19.1. The smallest absolute Gasteiger partial charge is 0.305 e. The Balaban J connectivity index is 2.22. The first-order valence-electron chi connectivity index (χ1n) is 6.23. The summed E-state index contributed by atoms with van der Waals surface area (Å²) >= 11 is 0. The van der Waals surface area contributed by atoms with Crippen LogP contribution in [0.25, 0.3) is 0 Å². The molecule has 0 aliphatic carbocycles. The van der Waals surface area contributed by atoms with Crippen molar-refractivity contribution >= 4 is 5.69 Å². The first-order valence-corrected chi connectivity index (χ1v) is 6.23. The number of halogens is 1. The lowest BCUT2D eigenvalue weighted by molar-refractivity contribution is -0.387. The number of aromatic nitrogens is 1. The fourth-order valence-corrected chi connectivity index (χ4v) is 1.84. The van der Waals surface area contributed by atoms with E-state index in [4.69, 9.17) is 4.74 Å². The summed E-state index contributed by atoms with van der Waals surface area (Å²) in [6.07, 6.45) is 1.65. The third kappa shape index (κ3) is 3.51. The van der Waals surface area contributed by atoms with Crippen molar-refractivity contribution in [3.8, 4) is 11.6 Å². The number of benzene rings is 1. The lowest BCUT2D eigenvalue weighted by Gasteiger charge is -2.09. The molecule has 0 spiro atoms. The number of nitro benzene ring substituents is 1. The summed E-state index contributed by atoms with van der Waals surface area (Å²) in [5.41, 5.74) is 1.20. The van der Waals surface area contributed by atoms with Crippen molar-refractivity contribution < 1.29 is 14.1 Å². The van der Waals surface area contributed by atoms with Crippen LogP contribution in [0.15, 0.2) is 30.5 Å². The molecule has 7 heteroatoms. The lowest BCUT2D eigenvalue weighted by Crippen LogP contribution is -2.06. The Labute approximate surface area is 120 Å². The maximum absolute atomic E-state index is 13.5. The second kappa shape index (κ2) is 6.27. The van der Waals surface area contributed by atoms with Crippen LogP contribution in [0, 0.1) is 22.9 Å². The zero-order valence-electron chi connectivity index (χ0n) is 11.6.